The highest BCUT2D eigenvalue weighted by Crippen LogP contribution is 2.30. The molecule has 7 heteroatoms. The Morgan fingerprint density at radius 2 is 2.22 bits per heavy atom. The molecule has 1 aliphatic heterocycles. The minimum atomic E-state index is -0.601. The molecule has 4 N–H and O–H groups in total. The van der Waals surface area contributed by atoms with Crippen LogP contribution in [0, 0.1) is 5.41 Å². The van der Waals surface area contributed by atoms with Crippen molar-refractivity contribution in [3.8, 4) is 0 Å². The van der Waals surface area contributed by atoms with Crippen molar-refractivity contribution in [1.82, 2.24) is 10.2 Å². The predicted octanol–water partition coefficient (Wildman–Crippen LogP) is -0.536. The van der Waals surface area contributed by atoms with Gasteiger partial charge in [0.1, 0.15) is 0 Å². The lowest BCUT2D eigenvalue weighted by Crippen LogP contribution is -2.46. The zero-order valence-corrected chi connectivity index (χ0v) is 9.94. The summed E-state index contributed by atoms with van der Waals surface area (Å²) in [6, 6.07) is 2.77. The van der Waals surface area contributed by atoms with Gasteiger partial charge in [0.05, 0.1) is 5.41 Å². The van der Waals surface area contributed by atoms with Crippen LogP contribution >= 0.6 is 0 Å². The van der Waals surface area contributed by atoms with E-state index in [2.05, 4.69) is 15.5 Å². The number of nitrogens with two attached hydrogens (primary N) is 1. The Balaban J connectivity index is 2.10. The number of rotatable bonds is 3. The van der Waals surface area contributed by atoms with E-state index in [1.54, 1.807) is 0 Å². The van der Waals surface area contributed by atoms with Crippen molar-refractivity contribution in [2.24, 2.45) is 11.1 Å². The van der Waals surface area contributed by atoms with Gasteiger partial charge in [-0.1, -0.05) is 0 Å². The van der Waals surface area contributed by atoms with Crippen molar-refractivity contribution in [2.45, 2.75) is 12.8 Å². The van der Waals surface area contributed by atoms with Crippen LogP contribution in [0.25, 0.3) is 0 Å². The summed E-state index contributed by atoms with van der Waals surface area (Å²) in [5.41, 5.74) is 4.81. The van der Waals surface area contributed by atoms with E-state index >= 15 is 0 Å². The summed E-state index contributed by atoms with van der Waals surface area (Å²) in [6.45, 7) is 1.33. The van der Waals surface area contributed by atoms with Crippen molar-refractivity contribution >= 4 is 11.7 Å². The highest BCUT2D eigenvalue weighted by molar-refractivity contribution is 5.94. The summed E-state index contributed by atoms with van der Waals surface area (Å²) in [5.74, 6) is 0.145. The van der Waals surface area contributed by atoms with Crippen molar-refractivity contribution in [1.29, 1.82) is 0 Å². The normalized spacial score (nSPS) is 18.3. The number of nitrogens with zero attached hydrogens (tertiary/aromatic N) is 1. The molecule has 0 saturated carbocycles. The summed E-state index contributed by atoms with van der Waals surface area (Å²) < 4.78 is 5.24. The third-order valence-electron chi connectivity index (χ3n) is 3.24. The maximum Gasteiger partial charge on any atom is 0.264 e. The monoisotopic (exact) mass is 252 g/mol. The fourth-order valence-electron chi connectivity index (χ4n) is 1.95. The molecular formula is C11H16N4O3. The fourth-order valence-corrected chi connectivity index (χ4v) is 1.95. The Hall–Kier alpha value is -1.73. The Bertz CT molecular complexity index is 459. The second kappa shape index (κ2) is 5.28. The summed E-state index contributed by atoms with van der Waals surface area (Å²) in [7, 11) is 0. The Morgan fingerprint density at radius 3 is 2.78 bits per heavy atom. The summed E-state index contributed by atoms with van der Waals surface area (Å²) >= 11 is 0. The largest absolute Gasteiger partial charge is 0.381 e. The number of aromatic nitrogens is 2. The van der Waals surface area contributed by atoms with E-state index in [0.717, 1.165) is 0 Å². The van der Waals surface area contributed by atoms with Gasteiger partial charge in [-0.15, -0.1) is 0 Å². The number of hydrogen-bond acceptors (Lipinski definition) is 5. The number of amides is 1. The Kier molecular flexibility index (Phi) is 3.73. The number of nitrogens with one attached hydrogen (secondary N) is 2. The molecule has 1 aliphatic rings. The van der Waals surface area contributed by atoms with E-state index in [4.69, 9.17) is 10.5 Å². The predicted molar refractivity (Wildman–Crippen MR) is 65.0 cm³/mol. The van der Waals surface area contributed by atoms with Gasteiger partial charge in [0.25, 0.3) is 5.56 Å². The van der Waals surface area contributed by atoms with Gasteiger partial charge in [-0.25, -0.2) is 5.10 Å². The van der Waals surface area contributed by atoms with E-state index in [9.17, 15) is 9.59 Å². The van der Waals surface area contributed by atoms with Crippen molar-refractivity contribution in [3.63, 3.8) is 0 Å². The van der Waals surface area contributed by atoms with Crippen LogP contribution in [0.15, 0.2) is 16.9 Å². The second-order valence-corrected chi connectivity index (χ2v) is 4.36. The number of carbonyl (C=O) groups excluding carboxylic acids is 1. The van der Waals surface area contributed by atoms with E-state index in [-0.39, 0.29) is 18.0 Å². The fraction of sp³-hybridized carbons (Fsp3) is 0.545. The Morgan fingerprint density at radius 1 is 1.50 bits per heavy atom. The molecule has 18 heavy (non-hydrogen) atoms. The first-order valence-corrected chi connectivity index (χ1v) is 5.81. The number of aromatic amines is 1. The van der Waals surface area contributed by atoms with Crippen molar-refractivity contribution < 1.29 is 9.53 Å². The van der Waals surface area contributed by atoms with Gasteiger partial charge in [-0.3, -0.25) is 9.59 Å². The zero-order chi connectivity index (χ0) is 13.0. The number of ether oxygens (including phenoxy) is 1. The van der Waals surface area contributed by atoms with E-state index < -0.39 is 5.41 Å². The van der Waals surface area contributed by atoms with Crippen LogP contribution in [0.4, 0.5) is 5.82 Å². The molecule has 1 aromatic rings. The second-order valence-electron chi connectivity index (χ2n) is 4.36. The first-order chi connectivity index (χ1) is 8.66. The summed E-state index contributed by atoms with van der Waals surface area (Å²) in [5, 5.41) is 8.67. The SMILES string of the molecule is NCC1(C(=O)Nc2ccc(=O)[nH]n2)CCOCC1. The molecular weight excluding hydrogens is 236 g/mol. The third-order valence-corrected chi connectivity index (χ3v) is 3.24. The van der Waals surface area contributed by atoms with Crippen LogP contribution in [0.5, 0.6) is 0 Å². The highest BCUT2D eigenvalue weighted by atomic mass is 16.5. The van der Waals surface area contributed by atoms with Crippen LogP contribution in [-0.2, 0) is 9.53 Å². The molecule has 0 atom stereocenters. The standard InChI is InChI=1S/C11H16N4O3/c12-7-11(3-5-18-6-4-11)10(17)13-8-1-2-9(16)15-14-8/h1-2H,3-7,12H2,(H,15,16)(H,13,14,17). The molecule has 1 saturated heterocycles. The molecule has 0 aromatic carbocycles. The first kappa shape index (κ1) is 12.7. The quantitative estimate of drug-likeness (QED) is 0.669. The molecule has 0 unspecified atom stereocenters. The lowest BCUT2D eigenvalue weighted by molar-refractivity contribution is -0.130. The highest BCUT2D eigenvalue weighted by Gasteiger charge is 2.38. The number of carbonyl (C=O) groups is 1. The van der Waals surface area contributed by atoms with Crippen molar-refractivity contribution in [3.05, 3.63) is 22.5 Å². The molecule has 0 aliphatic carbocycles. The lowest BCUT2D eigenvalue weighted by Gasteiger charge is -2.34. The van der Waals surface area contributed by atoms with Crippen LogP contribution in [0.3, 0.4) is 0 Å². The molecule has 2 rings (SSSR count). The minimum Gasteiger partial charge on any atom is -0.381 e. The van der Waals surface area contributed by atoms with E-state index in [0.29, 0.717) is 31.9 Å². The third kappa shape index (κ3) is 2.57. The molecule has 1 fully saturated rings. The van der Waals surface area contributed by atoms with E-state index in [1.807, 2.05) is 0 Å². The summed E-state index contributed by atoms with van der Waals surface area (Å²) in [4.78, 5) is 23.1. The maximum absolute atomic E-state index is 12.2. The topological polar surface area (TPSA) is 110 Å². The number of anilines is 1. The molecule has 0 bridgehead atoms. The minimum absolute atomic E-state index is 0.173. The van der Waals surface area contributed by atoms with Crippen LogP contribution in [-0.4, -0.2) is 35.9 Å². The smallest absolute Gasteiger partial charge is 0.264 e. The van der Waals surface area contributed by atoms with Gasteiger partial charge in [0, 0.05) is 25.8 Å². The van der Waals surface area contributed by atoms with Gasteiger partial charge in [-0.2, -0.15) is 5.10 Å². The molecule has 2 heterocycles. The number of hydrogen-bond donors (Lipinski definition) is 3. The molecule has 98 valence electrons. The number of H-pyrrole nitrogens is 1. The molecule has 1 amide bonds. The van der Waals surface area contributed by atoms with Gasteiger partial charge < -0.3 is 15.8 Å². The average Bonchev–Trinajstić information content (AvgIpc) is 2.42. The van der Waals surface area contributed by atoms with Crippen LogP contribution < -0.4 is 16.6 Å². The maximum atomic E-state index is 12.2. The van der Waals surface area contributed by atoms with Gasteiger partial charge >= 0.3 is 0 Å². The lowest BCUT2D eigenvalue weighted by atomic mass is 9.79. The molecule has 0 spiro atoms. The van der Waals surface area contributed by atoms with Gasteiger partial charge in [0.2, 0.25) is 5.91 Å². The van der Waals surface area contributed by atoms with Gasteiger partial charge in [-0.05, 0) is 18.9 Å². The zero-order valence-electron chi connectivity index (χ0n) is 9.94. The summed E-state index contributed by atoms with van der Waals surface area (Å²) in [6.07, 6.45) is 1.19. The first-order valence-electron chi connectivity index (χ1n) is 5.81. The van der Waals surface area contributed by atoms with Crippen LogP contribution in [0.1, 0.15) is 12.8 Å². The molecule has 7 nitrogen and oxygen atoms in total. The Labute approximate surface area is 104 Å². The van der Waals surface area contributed by atoms with E-state index in [1.165, 1.54) is 12.1 Å². The average molecular weight is 252 g/mol. The molecule has 0 radical (unpaired) electrons. The van der Waals surface area contributed by atoms with Crippen molar-refractivity contribution in [2.75, 3.05) is 25.1 Å². The van der Waals surface area contributed by atoms with Crippen LogP contribution in [0.2, 0.25) is 0 Å². The molecule has 1 aromatic heterocycles. The van der Waals surface area contributed by atoms with Gasteiger partial charge in [0.15, 0.2) is 5.82 Å².